The zero-order chi connectivity index (χ0) is 21.5. The van der Waals surface area contributed by atoms with Crippen molar-refractivity contribution in [3.8, 4) is 11.5 Å². The van der Waals surface area contributed by atoms with Crippen molar-refractivity contribution in [1.29, 1.82) is 0 Å². The second-order valence-corrected chi connectivity index (χ2v) is 8.54. The predicted octanol–water partition coefficient (Wildman–Crippen LogP) is 2.75. The Kier molecular flexibility index (Phi) is 5.22. The van der Waals surface area contributed by atoms with Gasteiger partial charge in [0.05, 0.1) is 30.5 Å². The number of hydrogen-bond donors (Lipinski definition) is 1. The third-order valence-corrected chi connectivity index (χ3v) is 6.71. The van der Waals surface area contributed by atoms with Gasteiger partial charge in [0.1, 0.15) is 23.4 Å². The molecule has 1 aromatic carbocycles. The Morgan fingerprint density at radius 1 is 1.26 bits per heavy atom. The largest absolute Gasteiger partial charge is 0.493 e. The van der Waals surface area contributed by atoms with Crippen molar-refractivity contribution in [1.82, 2.24) is 9.88 Å². The fraction of sp³-hybridized carbons (Fsp3) is 0.500. The van der Waals surface area contributed by atoms with E-state index < -0.39 is 0 Å². The van der Waals surface area contributed by atoms with Gasteiger partial charge in [-0.05, 0) is 29.7 Å². The van der Waals surface area contributed by atoms with Crippen LogP contribution in [0.15, 0.2) is 24.3 Å². The molecule has 5 rings (SSSR count). The van der Waals surface area contributed by atoms with Crippen molar-refractivity contribution in [2.45, 2.75) is 44.8 Å². The molecule has 4 heterocycles. The molecule has 1 unspecified atom stereocenters. The van der Waals surface area contributed by atoms with Crippen LogP contribution in [0, 0.1) is 0 Å². The number of aliphatic hydroxyl groups excluding tert-OH is 1. The van der Waals surface area contributed by atoms with E-state index in [4.69, 9.17) is 14.5 Å². The molecule has 31 heavy (non-hydrogen) atoms. The van der Waals surface area contributed by atoms with Crippen molar-refractivity contribution in [3.05, 3.63) is 46.6 Å². The number of likely N-dealkylation sites (N-methyl/N-ethyl adjacent to an activating group) is 1. The van der Waals surface area contributed by atoms with E-state index >= 15 is 0 Å². The van der Waals surface area contributed by atoms with Crippen LogP contribution in [0.4, 0.5) is 5.82 Å². The number of benzene rings is 1. The number of anilines is 1. The van der Waals surface area contributed by atoms with Crippen LogP contribution in [-0.2, 0) is 12.8 Å². The van der Waals surface area contributed by atoms with Crippen molar-refractivity contribution in [2.24, 2.45) is 0 Å². The first-order valence-electron chi connectivity index (χ1n) is 11.2. The average molecular weight is 424 g/mol. The minimum atomic E-state index is -0.366. The second-order valence-electron chi connectivity index (χ2n) is 8.54. The maximum Gasteiger partial charge on any atom is 0.256 e. The quantitative estimate of drug-likeness (QED) is 0.797. The van der Waals surface area contributed by atoms with E-state index in [-0.39, 0.29) is 24.7 Å². The van der Waals surface area contributed by atoms with Gasteiger partial charge in [0.2, 0.25) is 0 Å². The highest BCUT2D eigenvalue weighted by Gasteiger charge is 2.37. The van der Waals surface area contributed by atoms with Gasteiger partial charge >= 0.3 is 0 Å². The Morgan fingerprint density at radius 3 is 2.81 bits per heavy atom. The second kappa shape index (κ2) is 8.04. The number of amides is 1. The number of piperidine rings is 1. The molecule has 1 amide bonds. The molecule has 7 heteroatoms. The Hall–Kier alpha value is -2.80. The lowest BCUT2D eigenvalue weighted by Crippen LogP contribution is -2.39. The number of fused-ring (bicyclic) bond motifs is 2. The number of nitrogens with zero attached hydrogens (tertiary/aromatic N) is 3. The molecular weight excluding hydrogens is 394 g/mol. The van der Waals surface area contributed by atoms with Crippen LogP contribution in [0.3, 0.4) is 0 Å². The van der Waals surface area contributed by atoms with Crippen molar-refractivity contribution in [2.75, 3.05) is 38.3 Å². The summed E-state index contributed by atoms with van der Waals surface area (Å²) in [7, 11) is 1.73. The maximum atomic E-state index is 12.5. The molecule has 3 aliphatic heterocycles. The number of rotatable bonds is 5. The van der Waals surface area contributed by atoms with Crippen LogP contribution in [0.2, 0.25) is 0 Å². The van der Waals surface area contributed by atoms with Gasteiger partial charge in [-0.25, -0.2) is 4.98 Å². The van der Waals surface area contributed by atoms with Crippen LogP contribution in [-0.4, -0.2) is 60.4 Å². The van der Waals surface area contributed by atoms with Gasteiger partial charge in [0.15, 0.2) is 0 Å². The standard InChI is InChI=1S/C24H29N3O4/c1-3-15-12-19-22(20(14-28)26(2)24(19)29)25-23(15)27-9-6-17(7-10-27)31-18-5-4-16-8-11-30-21(16)13-18/h4-5,12-13,17,20,28H,3,6-11,14H2,1-2H3. The van der Waals surface area contributed by atoms with Gasteiger partial charge in [0, 0.05) is 45.5 Å². The monoisotopic (exact) mass is 423 g/mol. The van der Waals surface area contributed by atoms with Crippen LogP contribution in [0.25, 0.3) is 0 Å². The van der Waals surface area contributed by atoms with E-state index in [2.05, 4.69) is 17.9 Å². The van der Waals surface area contributed by atoms with E-state index in [0.717, 1.165) is 68.3 Å². The molecule has 1 saturated heterocycles. The normalized spacial score (nSPS) is 20.6. The molecule has 0 spiro atoms. The van der Waals surface area contributed by atoms with Crippen LogP contribution >= 0.6 is 0 Å². The van der Waals surface area contributed by atoms with Crippen molar-refractivity contribution in [3.63, 3.8) is 0 Å². The van der Waals surface area contributed by atoms with Gasteiger partial charge in [0.25, 0.3) is 5.91 Å². The molecule has 0 saturated carbocycles. The SMILES string of the molecule is CCc1cc2c(nc1N1CCC(Oc3ccc4c(c3)OCC4)CC1)C(CO)N(C)C2=O. The Bertz CT molecular complexity index is 1000. The lowest BCUT2D eigenvalue weighted by molar-refractivity contribution is 0.0715. The van der Waals surface area contributed by atoms with Gasteiger partial charge in [-0.15, -0.1) is 0 Å². The fourth-order valence-corrected chi connectivity index (χ4v) is 4.84. The van der Waals surface area contributed by atoms with Gasteiger partial charge in [-0.1, -0.05) is 13.0 Å². The van der Waals surface area contributed by atoms with Crippen LogP contribution in [0.1, 0.15) is 53.0 Å². The molecule has 1 aromatic heterocycles. The lowest BCUT2D eigenvalue weighted by atomic mass is 10.0. The van der Waals surface area contributed by atoms with Gasteiger partial charge < -0.3 is 24.4 Å². The highest BCUT2D eigenvalue weighted by atomic mass is 16.5. The summed E-state index contributed by atoms with van der Waals surface area (Å²) in [6.45, 7) is 4.42. The molecular formula is C24H29N3O4. The lowest BCUT2D eigenvalue weighted by Gasteiger charge is -2.34. The Labute approximate surface area is 182 Å². The van der Waals surface area contributed by atoms with E-state index in [1.165, 1.54) is 5.56 Å². The summed E-state index contributed by atoms with van der Waals surface area (Å²) in [5.41, 5.74) is 3.65. The number of pyridine rings is 1. The van der Waals surface area contributed by atoms with Crippen LogP contribution < -0.4 is 14.4 Å². The van der Waals surface area contributed by atoms with E-state index in [0.29, 0.717) is 11.3 Å². The molecule has 1 fully saturated rings. The first-order valence-corrected chi connectivity index (χ1v) is 11.2. The van der Waals surface area contributed by atoms with Gasteiger partial charge in [-0.3, -0.25) is 4.79 Å². The summed E-state index contributed by atoms with van der Waals surface area (Å²) in [6, 6.07) is 7.76. The predicted molar refractivity (Wildman–Crippen MR) is 117 cm³/mol. The van der Waals surface area contributed by atoms with Crippen LogP contribution in [0.5, 0.6) is 11.5 Å². The minimum Gasteiger partial charge on any atom is -0.493 e. The summed E-state index contributed by atoms with van der Waals surface area (Å²) >= 11 is 0. The van der Waals surface area contributed by atoms with E-state index in [1.807, 2.05) is 18.2 Å². The minimum absolute atomic E-state index is 0.0618. The average Bonchev–Trinajstić information content (AvgIpc) is 3.35. The summed E-state index contributed by atoms with van der Waals surface area (Å²) in [5.74, 6) is 2.69. The third-order valence-electron chi connectivity index (χ3n) is 6.71. The summed E-state index contributed by atoms with van der Waals surface area (Å²) < 4.78 is 11.9. The zero-order valence-corrected chi connectivity index (χ0v) is 18.1. The number of aromatic nitrogens is 1. The number of ether oxygens (including phenoxy) is 2. The highest BCUT2D eigenvalue weighted by molar-refractivity contribution is 5.99. The Balaban J connectivity index is 1.30. The molecule has 3 aliphatic rings. The third kappa shape index (κ3) is 3.51. The van der Waals surface area contributed by atoms with Crippen molar-refractivity contribution >= 4 is 11.7 Å². The van der Waals surface area contributed by atoms with Crippen molar-refractivity contribution < 1.29 is 19.4 Å². The molecule has 1 atom stereocenters. The molecule has 0 radical (unpaired) electrons. The summed E-state index contributed by atoms with van der Waals surface area (Å²) in [4.78, 5) is 21.3. The summed E-state index contributed by atoms with van der Waals surface area (Å²) in [5, 5.41) is 9.79. The number of carbonyl (C=O) groups excluding carboxylic acids is 1. The molecule has 0 bridgehead atoms. The molecule has 1 N–H and O–H groups in total. The maximum absolute atomic E-state index is 12.5. The molecule has 2 aromatic rings. The fourth-order valence-electron chi connectivity index (χ4n) is 4.84. The topological polar surface area (TPSA) is 75.1 Å². The molecule has 0 aliphatic carbocycles. The zero-order valence-electron chi connectivity index (χ0n) is 18.1. The summed E-state index contributed by atoms with van der Waals surface area (Å²) in [6.07, 6.45) is 3.75. The molecule has 7 nitrogen and oxygen atoms in total. The Morgan fingerprint density at radius 2 is 2.06 bits per heavy atom. The highest BCUT2D eigenvalue weighted by Crippen LogP contribution is 2.36. The number of aliphatic hydroxyl groups is 1. The van der Waals surface area contributed by atoms with E-state index in [9.17, 15) is 9.90 Å². The van der Waals surface area contributed by atoms with E-state index in [1.54, 1.807) is 11.9 Å². The number of hydrogen-bond acceptors (Lipinski definition) is 6. The smallest absolute Gasteiger partial charge is 0.256 e. The van der Waals surface area contributed by atoms with Gasteiger partial charge in [-0.2, -0.15) is 0 Å². The number of carbonyl (C=O) groups is 1. The first-order chi connectivity index (χ1) is 15.1. The number of aryl methyl sites for hydroxylation is 1. The first kappa shape index (κ1) is 20.1. The molecule has 164 valence electrons.